The molecule has 1 atom stereocenters. The summed E-state index contributed by atoms with van der Waals surface area (Å²) in [5.41, 5.74) is 1.85. The number of methoxy groups -OCH3 is 1. The number of ether oxygens (including phenoxy) is 2. The van der Waals surface area contributed by atoms with Crippen LogP contribution >= 0.6 is 0 Å². The van der Waals surface area contributed by atoms with Crippen molar-refractivity contribution >= 4 is 5.91 Å². The molecule has 1 fully saturated rings. The lowest BCUT2D eigenvalue weighted by molar-refractivity contribution is -0.143. The Balaban J connectivity index is 1.90. The van der Waals surface area contributed by atoms with Crippen molar-refractivity contribution in [2.24, 2.45) is 7.05 Å². The van der Waals surface area contributed by atoms with Crippen LogP contribution in [0.25, 0.3) is 11.3 Å². The van der Waals surface area contributed by atoms with Gasteiger partial charge in [0.2, 0.25) is 0 Å². The molecule has 2 heterocycles. The van der Waals surface area contributed by atoms with Gasteiger partial charge < -0.3 is 14.4 Å². The zero-order valence-electron chi connectivity index (χ0n) is 15.2. The predicted molar refractivity (Wildman–Crippen MR) is 95.4 cm³/mol. The van der Waals surface area contributed by atoms with Gasteiger partial charge in [-0.1, -0.05) is 30.3 Å². The van der Waals surface area contributed by atoms with Crippen LogP contribution in [0.5, 0.6) is 0 Å². The van der Waals surface area contributed by atoms with Crippen molar-refractivity contribution < 1.29 is 14.3 Å². The molecule has 1 aliphatic heterocycles. The van der Waals surface area contributed by atoms with Crippen molar-refractivity contribution in [3.05, 3.63) is 42.1 Å². The molecule has 1 aliphatic rings. The number of carbonyl (C=O) groups is 1. The fourth-order valence-electron chi connectivity index (χ4n) is 3.35. The number of hydrogen-bond acceptors (Lipinski definition) is 4. The van der Waals surface area contributed by atoms with Gasteiger partial charge in [0.1, 0.15) is 5.69 Å². The van der Waals surface area contributed by atoms with Crippen molar-refractivity contribution in [2.75, 3.05) is 26.8 Å². The molecule has 1 amide bonds. The molecule has 1 aromatic heterocycles. The Hall–Kier alpha value is -2.18. The highest BCUT2D eigenvalue weighted by atomic mass is 16.5. The van der Waals surface area contributed by atoms with Crippen LogP contribution in [0.15, 0.2) is 36.5 Å². The maximum absolute atomic E-state index is 13.2. The van der Waals surface area contributed by atoms with E-state index in [0.717, 1.165) is 5.56 Å². The van der Waals surface area contributed by atoms with Gasteiger partial charge in [0.25, 0.3) is 5.91 Å². The first-order valence-electron chi connectivity index (χ1n) is 8.45. The second-order valence-corrected chi connectivity index (χ2v) is 7.07. The summed E-state index contributed by atoms with van der Waals surface area (Å²) < 4.78 is 12.9. The number of hydrogen-bond donors (Lipinski definition) is 0. The van der Waals surface area contributed by atoms with Crippen LogP contribution in [0.1, 0.15) is 24.2 Å². The molecule has 25 heavy (non-hydrogen) atoms. The predicted octanol–water partition coefficient (Wildman–Crippen LogP) is 2.35. The monoisotopic (exact) mass is 343 g/mol. The second-order valence-electron chi connectivity index (χ2n) is 7.07. The highest BCUT2D eigenvalue weighted by Crippen LogP contribution is 2.27. The standard InChI is InChI=1S/C19H25N3O3/c1-19(2)13-22(10-15(25-19)12-24-4)18(23)16-11-21(3)20-17(16)14-8-6-5-7-9-14/h5-9,11,15H,10,12-13H2,1-4H3/t15-/m1/s1. The normalized spacial score (nSPS) is 19.8. The van der Waals surface area contributed by atoms with Gasteiger partial charge in [-0.2, -0.15) is 5.10 Å². The number of aryl methyl sites for hydroxylation is 1. The lowest BCUT2D eigenvalue weighted by Gasteiger charge is -2.42. The smallest absolute Gasteiger partial charge is 0.257 e. The maximum atomic E-state index is 13.2. The summed E-state index contributed by atoms with van der Waals surface area (Å²) in [5.74, 6) is -0.0237. The van der Waals surface area contributed by atoms with Gasteiger partial charge in [0.05, 0.1) is 23.9 Å². The quantitative estimate of drug-likeness (QED) is 0.855. The molecular weight excluding hydrogens is 318 g/mol. The third-order valence-corrected chi connectivity index (χ3v) is 4.23. The highest BCUT2D eigenvalue weighted by Gasteiger charge is 2.37. The van der Waals surface area contributed by atoms with Crippen molar-refractivity contribution in [1.82, 2.24) is 14.7 Å². The van der Waals surface area contributed by atoms with Gasteiger partial charge >= 0.3 is 0 Å². The summed E-state index contributed by atoms with van der Waals surface area (Å²) in [6.45, 7) is 5.51. The first-order chi connectivity index (χ1) is 11.9. The van der Waals surface area contributed by atoms with E-state index in [1.165, 1.54) is 0 Å². The summed E-state index contributed by atoms with van der Waals surface area (Å²) >= 11 is 0. The van der Waals surface area contributed by atoms with E-state index in [-0.39, 0.29) is 12.0 Å². The van der Waals surface area contributed by atoms with E-state index in [1.807, 2.05) is 56.1 Å². The van der Waals surface area contributed by atoms with E-state index >= 15 is 0 Å². The average molecular weight is 343 g/mol. The fourth-order valence-corrected chi connectivity index (χ4v) is 3.35. The van der Waals surface area contributed by atoms with Crippen LogP contribution < -0.4 is 0 Å². The average Bonchev–Trinajstić information content (AvgIpc) is 2.95. The summed E-state index contributed by atoms with van der Waals surface area (Å²) in [6, 6.07) is 9.79. The van der Waals surface area contributed by atoms with E-state index in [4.69, 9.17) is 9.47 Å². The highest BCUT2D eigenvalue weighted by molar-refractivity contribution is 5.99. The largest absolute Gasteiger partial charge is 0.382 e. The van der Waals surface area contributed by atoms with Crippen molar-refractivity contribution in [3.63, 3.8) is 0 Å². The Kier molecular flexibility index (Phi) is 4.92. The molecule has 0 radical (unpaired) electrons. The number of carbonyl (C=O) groups excluding carboxylic acids is 1. The molecule has 6 heteroatoms. The van der Waals surface area contributed by atoms with Gasteiger partial charge in [-0.05, 0) is 13.8 Å². The van der Waals surface area contributed by atoms with Crippen LogP contribution in [0.2, 0.25) is 0 Å². The van der Waals surface area contributed by atoms with E-state index in [0.29, 0.717) is 31.0 Å². The molecule has 0 aliphatic carbocycles. The Morgan fingerprint density at radius 2 is 2.08 bits per heavy atom. The van der Waals surface area contributed by atoms with Crippen molar-refractivity contribution in [3.8, 4) is 11.3 Å². The molecule has 0 bridgehead atoms. The molecule has 0 N–H and O–H groups in total. The number of benzene rings is 1. The Morgan fingerprint density at radius 1 is 1.36 bits per heavy atom. The molecule has 6 nitrogen and oxygen atoms in total. The zero-order valence-corrected chi connectivity index (χ0v) is 15.2. The van der Waals surface area contributed by atoms with Gasteiger partial charge in [0, 0.05) is 39.0 Å². The van der Waals surface area contributed by atoms with Gasteiger partial charge in [-0.3, -0.25) is 9.48 Å². The third kappa shape index (κ3) is 3.91. The maximum Gasteiger partial charge on any atom is 0.257 e. The van der Waals surface area contributed by atoms with E-state index in [1.54, 1.807) is 18.0 Å². The second kappa shape index (κ2) is 6.98. The minimum Gasteiger partial charge on any atom is -0.382 e. The summed E-state index contributed by atoms with van der Waals surface area (Å²) in [5, 5.41) is 4.50. The van der Waals surface area contributed by atoms with Crippen LogP contribution in [-0.2, 0) is 16.5 Å². The Morgan fingerprint density at radius 3 is 2.76 bits per heavy atom. The summed E-state index contributed by atoms with van der Waals surface area (Å²) in [6.07, 6.45) is 1.66. The van der Waals surface area contributed by atoms with Crippen molar-refractivity contribution in [1.29, 1.82) is 0 Å². The van der Waals surface area contributed by atoms with Crippen LogP contribution in [0.3, 0.4) is 0 Å². The van der Waals surface area contributed by atoms with Gasteiger partial charge in [-0.15, -0.1) is 0 Å². The van der Waals surface area contributed by atoms with Crippen LogP contribution in [0, 0.1) is 0 Å². The SMILES string of the molecule is COC[C@H]1CN(C(=O)c2cn(C)nc2-c2ccccc2)CC(C)(C)O1. The molecule has 3 rings (SSSR count). The topological polar surface area (TPSA) is 56.6 Å². The summed E-state index contributed by atoms with van der Waals surface area (Å²) in [7, 11) is 3.48. The molecule has 1 saturated heterocycles. The number of morpholine rings is 1. The Labute approximate surface area is 148 Å². The molecule has 1 aromatic carbocycles. The third-order valence-electron chi connectivity index (χ3n) is 4.23. The summed E-state index contributed by atoms with van der Waals surface area (Å²) in [4.78, 5) is 15.1. The molecule has 0 saturated carbocycles. The molecule has 0 spiro atoms. The number of amides is 1. The first kappa shape index (κ1) is 17.6. The van der Waals surface area contributed by atoms with Gasteiger partial charge in [0.15, 0.2) is 0 Å². The minimum atomic E-state index is -0.410. The van der Waals surface area contributed by atoms with E-state index in [2.05, 4.69) is 5.10 Å². The molecule has 2 aromatic rings. The molecule has 134 valence electrons. The molecular formula is C19H25N3O3. The lowest BCUT2D eigenvalue weighted by Crippen LogP contribution is -2.55. The van der Waals surface area contributed by atoms with E-state index in [9.17, 15) is 4.79 Å². The van der Waals surface area contributed by atoms with Crippen LogP contribution in [0.4, 0.5) is 0 Å². The Bertz CT molecular complexity index is 740. The number of rotatable bonds is 4. The van der Waals surface area contributed by atoms with E-state index < -0.39 is 5.60 Å². The van der Waals surface area contributed by atoms with Crippen LogP contribution in [-0.4, -0.2) is 59.1 Å². The zero-order chi connectivity index (χ0) is 18.0. The van der Waals surface area contributed by atoms with Gasteiger partial charge in [-0.25, -0.2) is 0 Å². The fraction of sp³-hybridized carbons (Fsp3) is 0.474. The minimum absolute atomic E-state index is 0.0237. The molecule has 0 unspecified atom stereocenters. The first-order valence-corrected chi connectivity index (χ1v) is 8.45. The number of aromatic nitrogens is 2. The number of nitrogens with zero attached hydrogens (tertiary/aromatic N) is 3. The van der Waals surface area contributed by atoms with Crippen molar-refractivity contribution in [2.45, 2.75) is 25.6 Å². The lowest BCUT2D eigenvalue weighted by atomic mass is 10.0.